The Morgan fingerprint density at radius 1 is 1.33 bits per heavy atom. The van der Waals surface area contributed by atoms with Crippen molar-refractivity contribution in [1.82, 2.24) is 5.32 Å². The average Bonchev–Trinajstić information content (AvgIpc) is 3.09. The minimum atomic E-state index is -0.709. The van der Waals surface area contributed by atoms with Gasteiger partial charge in [0.2, 0.25) is 0 Å². The summed E-state index contributed by atoms with van der Waals surface area (Å²) in [5.74, 6) is -1.16. The summed E-state index contributed by atoms with van der Waals surface area (Å²) < 4.78 is 0. The Bertz CT molecular complexity index is 915. The molecule has 4 N–H and O–H groups in total. The smallest absolute Gasteiger partial charge is 0.250 e. The van der Waals surface area contributed by atoms with Gasteiger partial charge in [-0.1, -0.05) is 35.9 Å². The number of rotatable bonds is 4. The maximum absolute atomic E-state index is 11.8. The maximum atomic E-state index is 11.8. The first-order valence-electron chi connectivity index (χ1n) is 8.98. The number of carbonyl (C=O) groups is 1. The van der Waals surface area contributed by atoms with Crippen LogP contribution in [0.4, 0.5) is 11.4 Å². The van der Waals surface area contributed by atoms with Crippen LogP contribution >= 0.6 is 11.6 Å². The number of amides is 1. The molecule has 0 aliphatic carbocycles. The molecule has 1 amide bonds. The van der Waals surface area contributed by atoms with Crippen LogP contribution in [0.15, 0.2) is 47.5 Å². The van der Waals surface area contributed by atoms with Gasteiger partial charge in [0.15, 0.2) is 5.79 Å². The molecule has 7 heteroatoms. The second-order valence-corrected chi connectivity index (χ2v) is 7.52. The second kappa shape index (κ2) is 6.87. The molecule has 0 aromatic heterocycles. The van der Waals surface area contributed by atoms with Crippen molar-refractivity contribution in [2.45, 2.75) is 25.2 Å². The van der Waals surface area contributed by atoms with Crippen LogP contribution in [-0.4, -0.2) is 37.0 Å². The van der Waals surface area contributed by atoms with E-state index in [2.05, 4.69) is 20.5 Å². The normalized spacial score (nSPS) is 23.8. The Morgan fingerprint density at radius 2 is 2.15 bits per heavy atom. The van der Waals surface area contributed by atoms with Crippen LogP contribution in [0.1, 0.15) is 29.3 Å². The lowest BCUT2D eigenvalue weighted by Crippen LogP contribution is -2.54. The van der Waals surface area contributed by atoms with Crippen LogP contribution in [-0.2, 0) is 0 Å². The van der Waals surface area contributed by atoms with Gasteiger partial charge in [-0.15, -0.1) is 0 Å². The molecule has 0 saturated carbocycles. The van der Waals surface area contributed by atoms with Crippen molar-refractivity contribution in [3.05, 3.63) is 58.6 Å². The fourth-order valence-corrected chi connectivity index (χ4v) is 4.03. The van der Waals surface area contributed by atoms with Crippen molar-refractivity contribution < 1.29 is 4.79 Å². The van der Waals surface area contributed by atoms with Gasteiger partial charge in [0.25, 0.3) is 5.91 Å². The summed E-state index contributed by atoms with van der Waals surface area (Å²) in [6.45, 7) is 3.72. The minimum absolute atomic E-state index is 0.234. The van der Waals surface area contributed by atoms with Gasteiger partial charge in [0.1, 0.15) is 0 Å². The number of aliphatic imine (C=N–C) groups is 1. The molecule has 140 valence electrons. The van der Waals surface area contributed by atoms with Crippen LogP contribution in [0.5, 0.6) is 0 Å². The SMILES string of the molecule is CC1(NC2CCN(c3ccccc3Cl)C2)N=Cc2cccc(C(N)=O)c2N1. The zero-order valence-electron chi connectivity index (χ0n) is 15.1. The molecular formula is C20H22ClN5O. The Morgan fingerprint density at radius 3 is 2.93 bits per heavy atom. The Kier molecular flexibility index (Phi) is 4.53. The number of hydrogen-bond acceptors (Lipinski definition) is 5. The quantitative estimate of drug-likeness (QED) is 0.758. The lowest BCUT2D eigenvalue weighted by Gasteiger charge is -2.35. The molecule has 2 aromatic carbocycles. The first-order chi connectivity index (χ1) is 13.0. The van der Waals surface area contributed by atoms with E-state index in [1.165, 1.54) is 0 Å². The summed E-state index contributed by atoms with van der Waals surface area (Å²) in [6.07, 6.45) is 2.76. The summed E-state index contributed by atoms with van der Waals surface area (Å²) in [7, 11) is 0. The molecule has 0 bridgehead atoms. The number of anilines is 2. The summed E-state index contributed by atoms with van der Waals surface area (Å²) >= 11 is 6.33. The molecule has 6 nitrogen and oxygen atoms in total. The van der Waals surface area contributed by atoms with E-state index in [1.807, 2.05) is 37.3 Å². The van der Waals surface area contributed by atoms with Gasteiger partial charge in [0.05, 0.1) is 22.0 Å². The Balaban J connectivity index is 1.50. The highest BCUT2D eigenvalue weighted by Crippen LogP contribution is 2.31. The molecule has 2 aliphatic heterocycles. The molecule has 4 rings (SSSR count). The summed E-state index contributed by atoms with van der Waals surface area (Å²) in [6, 6.07) is 13.6. The lowest BCUT2D eigenvalue weighted by atomic mass is 10.0. The zero-order valence-corrected chi connectivity index (χ0v) is 15.8. The highest BCUT2D eigenvalue weighted by Gasteiger charge is 2.34. The number of primary amides is 1. The van der Waals surface area contributed by atoms with E-state index in [-0.39, 0.29) is 6.04 Å². The third-order valence-corrected chi connectivity index (χ3v) is 5.38. The molecular weight excluding hydrogens is 362 g/mol. The van der Waals surface area contributed by atoms with Crippen molar-refractivity contribution in [3.63, 3.8) is 0 Å². The molecule has 2 aliphatic rings. The van der Waals surface area contributed by atoms with E-state index in [0.29, 0.717) is 5.56 Å². The molecule has 0 spiro atoms. The van der Waals surface area contributed by atoms with Crippen molar-refractivity contribution in [1.29, 1.82) is 0 Å². The third kappa shape index (κ3) is 3.50. The van der Waals surface area contributed by atoms with Gasteiger partial charge in [-0.25, -0.2) is 0 Å². The molecule has 1 fully saturated rings. The predicted molar refractivity (Wildman–Crippen MR) is 110 cm³/mol. The van der Waals surface area contributed by atoms with E-state index < -0.39 is 11.7 Å². The van der Waals surface area contributed by atoms with Crippen LogP contribution in [0.2, 0.25) is 5.02 Å². The number of para-hydroxylation sites is 2. The Labute approximate surface area is 163 Å². The molecule has 27 heavy (non-hydrogen) atoms. The van der Waals surface area contributed by atoms with Gasteiger partial charge in [-0.3, -0.25) is 15.1 Å². The van der Waals surface area contributed by atoms with Gasteiger partial charge in [0, 0.05) is 30.9 Å². The fraction of sp³-hybridized carbons (Fsp3) is 0.300. The number of hydrogen-bond donors (Lipinski definition) is 3. The standard InChI is InChI=1S/C20H22ClN5O/c1-20(23-11-13-5-4-6-15(19(22)27)18(13)25-20)24-14-9-10-26(12-14)17-8-3-2-7-16(17)21/h2-8,11,14,24-25H,9-10,12H2,1H3,(H2,22,27). The third-order valence-electron chi connectivity index (χ3n) is 5.06. The minimum Gasteiger partial charge on any atom is -0.369 e. The first kappa shape index (κ1) is 17.8. The van der Waals surface area contributed by atoms with Crippen molar-refractivity contribution in [3.8, 4) is 0 Å². The topological polar surface area (TPSA) is 82.8 Å². The largest absolute Gasteiger partial charge is 0.369 e. The fourth-order valence-electron chi connectivity index (χ4n) is 3.77. The number of benzene rings is 2. The molecule has 2 heterocycles. The highest BCUT2D eigenvalue weighted by molar-refractivity contribution is 6.33. The lowest BCUT2D eigenvalue weighted by molar-refractivity contribution is 0.100. The van der Waals surface area contributed by atoms with Gasteiger partial charge in [-0.2, -0.15) is 0 Å². The molecule has 2 aromatic rings. The zero-order chi connectivity index (χ0) is 19.0. The van der Waals surface area contributed by atoms with Gasteiger partial charge < -0.3 is 16.0 Å². The number of nitrogens with one attached hydrogen (secondary N) is 2. The van der Waals surface area contributed by atoms with E-state index in [9.17, 15) is 4.79 Å². The number of nitrogens with two attached hydrogens (primary N) is 1. The van der Waals surface area contributed by atoms with Crippen molar-refractivity contribution in [2.75, 3.05) is 23.3 Å². The van der Waals surface area contributed by atoms with E-state index in [0.717, 1.165) is 41.5 Å². The van der Waals surface area contributed by atoms with Gasteiger partial charge >= 0.3 is 0 Å². The maximum Gasteiger partial charge on any atom is 0.250 e. The van der Waals surface area contributed by atoms with Crippen LogP contribution in [0.3, 0.4) is 0 Å². The van der Waals surface area contributed by atoms with Crippen molar-refractivity contribution >= 4 is 35.1 Å². The predicted octanol–water partition coefficient (Wildman–Crippen LogP) is 2.83. The van der Waals surface area contributed by atoms with E-state index in [4.69, 9.17) is 17.3 Å². The molecule has 0 radical (unpaired) electrons. The first-order valence-corrected chi connectivity index (χ1v) is 9.36. The van der Waals surface area contributed by atoms with E-state index in [1.54, 1.807) is 18.3 Å². The summed E-state index contributed by atoms with van der Waals surface area (Å²) in [5.41, 5.74) is 8.62. The summed E-state index contributed by atoms with van der Waals surface area (Å²) in [5, 5.41) is 7.70. The molecule has 2 unspecified atom stereocenters. The number of nitrogens with zero attached hydrogens (tertiary/aromatic N) is 2. The summed E-state index contributed by atoms with van der Waals surface area (Å²) in [4.78, 5) is 18.7. The van der Waals surface area contributed by atoms with Crippen LogP contribution in [0.25, 0.3) is 0 Å². The Hall–Kier alpha value is -2.57. The highest BCUT2D eigenvalue weighted by atomic mass is 35.5. The number of halogens is 1. The molecule has 1 saturated heterocycles. The van der Waals surface area contributed by atoms with Crippen LogP contribution in [0, 0.1) is 0 Å². The van der Waals surface area contributed by atoms with Crippen LogP contribution < -0.4 is 21.3 Å². The molecule has 2 atom stereocenters. The second-order valence-electron chi connectivity index (χ2n) is 7.12. The van der Waals surface area contributed by atoms with Crippen molar-refractivity contribution in [2.24, 2.45) is 10.7 Å². The number of carbonyl (C=O) groups excluding carboxylic acids is 1. The number of fused-ring (bicyclic) bond motifs is 1. The monoisotopic (exact) mass is 383 g/mol. The van der Waals surface area contributed by atoms with Gasteiger partial charge in [-0.05, 0) is 31.5 Å². The average molecular weight is 384 g/mol. The van der Waals surface area contributed by atoms with E-state index >= 15 is 0 Å².